The third-order valence-electron chi connectivity index (χ3n) is 3.73. The highest BCUT2D eigenvalue weighted by Gasteiger charge is 2.29. The zero-order valence-corrected chi connectivity index (χ0v) is 13.4. The first-order valence-corrected chi connectivity index (χ1v) is 8.23. The molecule has 3 aromatic rings. The molecule has 3 aromatic heterocycles. The van der Waals surface area contributed by atoms with Crippen molar-refractivity contribution in [2.45, 2.75) is 18.8 Å². The van der Waals surface area contributed by atoms with E-state index in [-0.39, 0.29) is 5.91 Å². The van der Waals surface area contributed by atoms with Crippen molar-refractivity contribution in [2.75, 3.05) is 5.32 Å². The number of pyridine rings is 1. The number of rotatable bonds is 4. The van der Waals surface area contributed by atoms with E-state index in [9.17, 15) is 4.79 Å². The van der Waals surface area contributed by atoms with Gasteiger partial charge in [0, 0.05) is 37.1 Å². The number of thiazole rings is 1. The second-order valence-electron chi connectivity index (χ2n) is 5.60. The van der Waals surface area contributed by atoms with Crippen LogP contribution in [-0.4, -0.2) is 25.7 Å². The summed E-state index contributed by atoms with van der Waals surface area (Å²) >= 11 is 1.37. The lowest BCUT2D eigenvalue weighted by molar-refractivity contribution is 0.103. The molecule has 3 heterocycles. The van der Waals surface area contributed by atoms with Crippen LogP contribution in [0.15, 0.2) is 36.9 Å². The molecule has 0 unspecified atom stereocenters. The third kappa shape index (κ3) is 2.87. The molecule has 1 fully saturated rings. The molecular weight excluding hydrogens is 310 g/mol. The summed E-state index contributed by atoms with van der Waals surface area (Å²) in [5.41, 5.74) is 2.75. The van der Waals surface area contributed by atoms with Crippen LogP contribution in [0.5, 0.6) is 0 Å². The number of nitrogens with zero attached hydrogens (tertiary/aromatic N) is 4. The monoisotopic (exact) mass is 325 g/mol. The number of carbonyl (C=O) groups is 1. The molecule has 1 amide bonds. The summed E-state index contributed by atoms with van der Waals surface area (Å²) in [5.74, 6) is 0.345. The molecule has 4 rings (SSSR count). The van der Waals surface area contributed by atoms with Gasteiger partial charge in [0.2, 0.25) is 0 Å². The number of anilines is 1. The smallest absolute Gasteiger partial charge is 0.267 e. The molecule has 1 N–H and O–H groups in total. The number of amides is 1. The van der Waals surface area contributed by atoms with Gasteiger partial charge in [0.1, 0.15) is 9.88 Å². The molecule has 0 atom stereocenters. The van der Waals surface area contributed by atoms with E-state index in [0.717, 1.165) is 34.8 Å². The van der Waals surface area contributed by atoms with E-state index in [1.165, 1.54) is 11.3 Å². The number of aryl methyl sites for hydroxylation is 1. The van der Waals surface area contributed by atoms with Gasteiger partial charge in [-0.25, -0.2) is 4.98 Å². The normalized spacial score (nSPS) is 14.0. The summed E-state index contributed by atoms with van der Waals surface area (Å²) in [4.78, 5) is 21.4. The van der Waals surface area contributed by atoms with Gasteiger partial charge in [-0.05, 0) is 25.0 Å². The first kappa shape index (κ1) is 14.1. The summed E-state index contributed by atoms with van der Waals surface area (Å²) in [6, 6.07) is 3.76. The van der Waals surface area contributed by atoms with Gasteiger partial charge in [0.25, 0.3) is 5.91 Å². The Labute approximate surface area is 137 Å². The average Bonchev–Trinajstić information content (AvgIpc) is 3.16. The molecule has 6 nitrogen and oxygen atoms in total. The largest absolute Gasteiger partial charge is 0.318 e. The number of aromatic nitrogens is 4. The van der Waals surface area contributed by atoms with Crippen LogP contribution in [0, 0.1) is 0 Å². The highest BCUT2D eigenvalue weighted by atomic mass is 32.1. The maximum Gasteiger partial charge on any atom is 0.267 e. The van der Waals surface area contributed by atoms with Crippen molar-refractivity contribution in [3.63, 3.8) is 0 Å². The molecule has 23 heavy (non-hydrogen) atoms. The van der Waals surface area contributed by atoms with Crippen molar-refractivity contribution in [2.24, 2.45) is 7.05 Å². The zero-order chi connectivity index (χ0) is 15.8. The minimum atomic E-state index is -0.141. The summed E-state index contributed by atoms with van der Waals surface area (Å²) in [6.07, 6.45) is 9.20. The Morgan fingerprint density at radius 1 is 1.35 bits per heavy atom. The predicted molar refractivity (Wildman–Crippen MR) is 88.5 cm³/mol. The molecule has 7 heteroatoms. The number of hydrogen-bond acceptors (Lipinski definition) is 5. The third-order valence-corrected chi connectivity index (χ3v) is 4.77. The van der Waals surface area contributed by atoms with Crippen molar-refractivity contribution in [3.05, 3.63) is 47.5 Å². The van der Waals surface area contributed by atoms with E-state index in [4.69, 9.17) is 0 Å². The number of hydrogen-bond donors (Lipinski definition) is 1. The second kappa shape index (κ2) is 5.58. The van der Waals surface area contributed by atoms with Crippen molar-refractivity contribution in [3.8, 4) is 10.6 Å². The number of nitrogens with one attached hydrogen (secondary N) is 1. The molecule has 1 aliphatic rings. The molecule has 0 aliphatic heterocycles. The molecule has 1 saturated carbocycles. The molecule has 0 saturated heterocycles. The van der Waals surface area contributed by atoms with Gasteiger partial charge in [-0.2, -0.15) is 5.10 Å². The predicted octanol–water partition coefficient (Wildman–Crippen LogP) is 3.07. The Morgan fingerprint density at radius 3 is 2.87 bits per heavy atom. The Morgan fingerprint density at radius 2 is 2.13 bits per heavy atom. The van der Waals surface area contributed by atoms with E-state index < -0.39 is 0 Å². The van der Waals surface area contributed by atoms with Gasteiger partial charge < -0.3 is 5.32 Å². The van der Waals surface area contributed by atoms with Crippen molar-refractivity contribution < 1.29 is 4.79 Å². The van der Waals surface area contributed by atoms with Crippen molar-refractivity contribution >= 4 is 22.9 Å². The average molecular weight is 325 g/mol. The van der Waals surface area contributed by atoms with Crippen LogP contribution < -0.4 is 5.32 Å². The molecule has 1 aliphatic carbocycles. The molecule has 0 radical (unpaired) electrons. The van der Waals surface area contributed by atoms with Gasteiger partial charge in [-0.15, -0.1) is 11.3 Å². The Hall–Kier alpha value is -2.54. The zero-order valence-electron chi connectivity index (χ0n) is 12.6. The first-order valence-electron chi connectivity index (χ1n) is 7.42. The van der Waals surface area contributed by atoms with E-state index in [1.54, 1.807) is 23.3 Å². The van der Waals surface area contributed by atoms with Crippen LogP contribution in [0.4, 0.5) is 5.69 Å². The van der Waals surface area contributed by atoms with Gasteiger partial charge in [-0.3, -0.25) is 14.5 Å². The lowest BCUT2D eigenvalue weighted by Gasteiger charge is -2.02. The van der Waals surface area contributed by atoms with E-state index >= 15 is 0 Å². The Balaban J connectivity index is 1.55. The van der Waals surface area contributed by atoms with Gasteiger partial charge >= 0.3 is 0 Å². The Kier molecular flexibility index (Phi) is 3.42. The fraction of sp³-hybridized carbons (Fsp3) is 0.250. The quantitative estimate of drug-likeness (QED) is 0.800. The van der Waals surface area contributed by atoms with Crippen LogP contribution in [-0.2, 0) is 7.05 Å². The van der Waals surface area contributed by atoms with Gasteiger partial charge in [0.05, 0.1) is 17.6 Å². The lowest BCUT2D eigenvalue weighted by Crippen LogP contribution is -2.10. The van der Waals surface area contributed by atoms with Crippen LogP contribution in [0.2, 0.25) is 0 Å². The van der Waals surface area contributed by atoms with Crippen molar-refractivity contribution in [1.29, 1.82) is 0 Å². The molecule has 0 bridgehead atoms. The maximum absolute atomic E-state index is 12.5. The van der Waals surface area contributed by atoms with Crippen LogP contribution in [0.25, 0.3) is 10.6 Å². The molecule has 0 aromatic carbocycles. The molecule has 0 spiro atoms. The highest BCUT2D eigenvalue weighted by molar-refractivity contribution is 7.17. The number of carbonyl (C=O) groups excluding carboxylic acids is 1. The standard InChI is InChI=1S/C16H15N5OS/c1-21-9-12(14(20-21)10-2-3-10)19-15(22)13-8-18-16(23-13)11-4-6-17-7-5-11/h4-10H,2-3H2,1H3,(H,19,22). The van der Waals surface area contributed by atoms with Gasteiger partial charge in [-0.1, -0.05) is 0 Å². The first-order chi connectivity index (χ1) is 11.2. The minimum absolute atomic E-state index is 0.141. The minimum Gasteiger partial charge on any atom is -0.318 e. The summed E-state index contributed by atoms with van der Waals surface area (Å²) in [5, 5.41) is 8.24. The van der Waals surface area contributed by atoms with Crippen LogP contribution >= 0.6 is 11.3 Å². The summed E-state index contributed by atoms with van der Waals surface area (Å²) < 4.78 is 1.75. The highest BCUT2D eigenvalue weighted by Crippen LogP contribution is 2.42. The van der Waals surface area contributed by atoms with E-state index in [1.807, 2.05) is 25.4 Å². The SMILES string of the molecule is Cn1cc(NC(=O)c2cnc(-c3ccncc3)s2)c(C2CC2)n1. The molecule has 116 valence electrons. The van der Waals surface area contributed by atoms with Crippen LogP contribution in [0.3, 0.4) is 0 Å². The maximum atomic E-state index is 12.5. The second-order valence-corrected chi connectivity index (χ2v) is 6.63. The van der Waals surface area contributed by atoms with E-state index in [2.05, 4.69) is 20.4 Å². The topological polar surface area (TPSA) is 72.7 Å². The van der Waals surface area contributed by atoms with Gasteiger partial charge in [0.15, 0.2) is 0 Å². The Bertz CT molecular complexity index is 850. The summed E-state index contributed by atoms with van der Waals surface area (Å²) in [7, 11) is 1.87. The summed E-state index contributed by atoms with van der Waals surface area (Å²) in [6.45, 7) is 0. The van der Waals surface area contributed by atoms with E-state index in [0.29, 0.717) is 10.8 Å². The van der Waals surface area contributed by atoms with Crippen LogP contribution in [0.1, 0.15) is 34.1 Å². The molecular formula is C16H15N5OS. The fourth-order valence-electron chi connectivity index (χ4n) is 2.45. The lowest BCUT2D eigenvalue weighted by atomic mass is 10.2. The fourth-order valence-corrected chi connectivity index (χ4v) is 3.27. The van der Waals surface area contributed by atoms with Crippen molar-refractivity contribution in [1.82, 2.24) is 19.7 Å².